The molecule has 0 spiro atoms. The van der Waals surface area contributed by atoms with Crippen LogP contribution in [0.2, 0.25) is 0 Å². The van der Waals surface area contributed by atoms with Crippen molar-refractivity contribution in [3.8, 4) is 5.75 Å². The number of amides is 3. The number of nitrogens with zero attached hydrogens (tertiary/aromatic N) is 4. The van der Waals surface area contributed by atoms with Crippen molar-refractivity contribution < 1.29 is 37.7 Å². The fraction of sp³-hybridized carbons (Fsp3) is 0.477. The highest BCUT2D eigenvalue weighted by molar-refractivity contribution is 7.56. The number of nitrogens with one attached hydrogen (secondary N) is 2. The summed E-state index contributed by atoms with van der Waals surface area (Å²) in [5.41, 5.74) is 2.98. The first kappa shape index (κ1) is 41.9. The zero-order chi connectivity index (χ0) is 41.8. The molecule has 0 radical (unpaired) electrons. The van der Waals surface area contributed by atoms with Gasteiger partial charge in [-0.1, -0.05) is 31.2 Å². The number of ether oxygens (including phenoxy) is 2. The van der Waals surface area contributed by atoms with Gasteiger partial charge in [-0.2, -0.15) is 0 Å². The lowest BCUT2D eigenvalue weighted by molar-refractivity contribution is -0.148. The number of para-hydroxylation sites is 1. The average molecular weight is 857 g/mol. The molecule has 16 heteroatoms. The summed E-state index contributed by atoms with van der Waals surface area (Å²) in [6, 6.07) is 16.0. The van der Waals surface area contributed by atoms with Gasteiger partial charge < -0.3 is 34.0 Å². The third kappa shape index (κ3) is 9.24. The van der Waals surface area contributed by atoms with Gasteiger partial charge in [-0.05, 0) is 92.8 Å². The van der Waals surface area contributed by atoms with Crippen LogP contribution in [0.25, 0.3) is 10.1 Å². The van der Waals surface area contributed by atoms with E-state index in [1.54, 1.807) is 42.2 Å². The Kier molecular flexibility index (Phi) is 12.9. The van der Waals surface area contributed by atoms with Crippen LogP contribution in [0.15, 0.2) is 73.1 Å². The van der Waals surface area contributed by atoms with Gasteiger partial charge in [0.05, 0.1) is 30.9 Å². The van der Waals surface area contributed by atoms with E-state index in [1.807, 2.05) is 54.5 Å². The summed E-state index contributed by atoms with van der Waals surface area (Å²) in [5, 5.41) is 6.72. The summed E-state index contributed by atoms with van der Waals surface area (Å²) in [7, 11) is -3.69. The van der Waals surface area contributed by atoms with Crippen LogP contribution in [0.4, 0.5) is 5.69 Å². The molecule has 3 amide bonds. The first-order valence-corrected chi connectivity index (χ1v) is 23.7. The monoisotopic (exact) mass is 856 g/mol. The number of anilines is 1. The van der Waals surface area contributed by atoms with Gasteiger partial charge in [-0.25, -0.2) is 5.09 Å². The molecule has 0 saturated carbocycles. The van der Waals surface area contributed by atoms with Gasteiger partial charge in [0, 0.05) is 66.5 Å². The predicted molar refractivity (Wildman–Crippen MR) is 229 cm³/mol. The molecule has 4 fully saturated rings. The van der Waals surface area contributed by atoms with Crippen LogP contribution in [0.1, 0.15) is 79.1 Å². The molecule has 4 aliphatic heterocycles. The van der Waals surface area contributed by atoms with Crippen LogP contribution in [0, 0.1) is 0 Å². The molecule has 1 unspecified atom stereocenters. The Bertz CT molecular complexity index is 2250. The molecule has 4 saturated heterocycles. The second-order valence-corrected chi connectivity index (χ2v) is 19.3. The molecule has 14 nitrogen and oxygen atoms in total. The highest BCUT2D eigenvalue weighted by Gasteiger charge is 2.48. The van der Waals surface area contributed by atoms with Crippen molar-refractivity contribution in [1.29, 1.82) is 0 Å². The maximum atomic E-state index is 14.3. The van der Waals surface area contributed by atoms with E-state index in [4.69, 9.17) is 14.0 Å². The predicted octanol–water partition coefficient (Wildman–Crippen LogP) is 6.10. The van der Waals surface area contributed by atoms with E-state index < -0.39 is 31.6 Å². The lowest BCUT2D eigenvalue weighted by Gasteiger charge is -2.44. The van der Waals surface area contributed by atoms with Crippen LogP contribution in [-0.4, -0.2) is 109 Å². The van der Waals surface area contributed by atoms with Crippen LogP contribution in [0.3, 0.4) is 0 Å². The number of fused-ring (bicyclic) bond motifs is 2. The van der Waals surface area contributed by atoms with Crippen LogP contribution in [0.5, 0.6) is 5.75 Å². The molecule has 2 aromatic heterocycles. The van der Waals surface area contributed by atoms with Crippen LogP contribution in [-0.2, 0) is 34.6 Å². The Morgan fingerprint density at radius 1 is 1.02 bits per heavy atom. The SMILES string of the molecule is CCCOC(=O)[C@H](C)NP(=O)(Cc1ccc2sc(C(=O)N[C@H]3CCC[C@H]4CC[C@@H](C(=O)N5CC(c6cnccc6N6CCOCC6)C5)N4C3=O)cc2c1)Oc1ccccc1. The van der Waals surface area contributed by atoms with Gasteiger partial charge in [-0.15, -0.1) is 11.3 Å². The Morgan fingerprint density at radius 2 is 1.82 bits per heavy atom. The van der Waals surface area contributed by atoms with E-state index in [-0.39, 0.29) is 42.5 Å². The zero-order valence-corrected chi connectivity index (χ0v) is 35.8. The first-order valence-electron chi connectivity index (χ1n) is 21.1. The molecule has 8 rings (SSSR count). The number of benzene rings is 2. The average Bonchev–Trinajstić information content (AvgIpc) is 3.83. The number of esters is 1. The molecule has 0 bridgehead atoms. The van der Waals surface area contributed by atoms with Crippen molar-refractivity contribution in [2.75, 3.05) is 50.9 Å². The zero-order valence-electron chi connectivity index (χ0n) is 34.1. The molecule has 318 valence electrons. The van der Waals surface area contributed by atoms with Crippen molar-refractivity contribution >= 4 is 58.3 Å². The molecular weight excluding hydrogens is 804 g/mol. The number of hydrogen-bond donors (Lipinski definition) is 2. The van der Waals surface area contributed by atoms with Crippen molar-refractivity contribution in [3.63, 3.8) is 0 Å². The number of hydrogen-bond acceptors (Lipinski definition) is 11. The van der Waals surface area contributed by atoms with Gasteiger partial charge in [0.2, 0.25) is 11.8 Å². The largest absolute Gasteiger partial charge is 0.465 e. The molecule has 2 aromatic carbocycles. The van der Waals surface area contributed by atoms with Gasteiger partial charge in [0.15, 0.2) is 0 Å². The van der Waals surface area contributed by atoms with Crippen LogP contribution < -0.4 is 19.8 Å². The van der Waals surface area contributed by atoms with Gasteiger partial charge in [-0.3, -0.25) is 28.7 Å². The fourth-order valence-electron chi connectivity index (χ4n) is 8.81. The minimum Gasteiger partial charge on any atom is -0.465 e. The highest BCUT2D eigenvalue weighted by atomic mass is 32.1. The lowest BCUT2D eigenvalue weighted by Crippen LogP contribution is -2.58. The van der Waals surface area contributed by atoms with E-state index in [2.05, 4.69) is 20.3 Å². The Labute approximate surface area is 354 Å². The van der Waals surface area contributed by atoms with Crippen molar-refractivity contribution in [2.45, 2.75) is 88.6 Å². The number of pyridine rings is 1. The topological polar surface area (TPSA) is 160 Å². The normalized spacial score (nSPS) is 22.3. The number of aromatic nitrogens is 1. The molecule has 4 aliphatic rings. The number of likely N-dealkylation sites (tertiary alicyclic amines) is 1. The van der Waals surface area contributed by atoms with Crippen molar-refractivity contribution in [1.82, 2.24) is 25.2 Å². The maximum Gasteiger partial charge on any atom is 0.323 e. The molecule has 5 atom stereocenters. The quantitative estimate of drug-likeness (QED) is 0.111. The Balaban J connectivity index is 0.919. The Hall–Kier alpha value is -4.82. The summed E-state index contributed by atoms with van der Waals surface area (Å²) in [6.07, 6.45) is 7.81. The minimum absolute atomic E-state index is 0.0222. The molecule has 60 heavy (non-hydrogen) atoms. The Morgan fingerprint density at radius 3 is 2.60 bits per heavy atom. The summed E-state index contributed by atoms with van der Waals surface area (Å²) in [4.78, 5) is 65.5. The second kappa shape index (κ2) is 18.4. The summed E-state index contributed by atoms with van der Waals surface area (Å²) >= 11 is 1.31. The number of carbonyl (C=O) groups is 4. The standard InChI is InChI=1S/C44H53N6O8PS/c1-3-20-57-44(54)29(2)47-59(55,58-34-9-5-4-6-10-34)28-30-12-15-39-31(23-30)24-40(60-39)41(51)46-36-11-7-8-33-13-14-38(50(33)42(36)52)43(53)49-26-32(27-49)35-25-45-17-16-37(35)48-18-21-56-22-19-48/h4-6,9-10,12,15-17,23-25,29,32-33,36,38H,3,7-8,11,13-14,18-22,26-28H2,1-2H3,(H,46,51)(H,47,55)/t29-,33-,36-,38-,59?/m0/s1. The van der Waals surface area contributed by atoms with E-state index in [0.717, 1.165) is 53.7 Å². The van der Waals surface area contributed by atoms with E-state index in [1.165, 1.54) is 11.3 Å². The highest BCUT2D eigenvalue weighted by Crippen LogP contribution is 2.48. The van der Waals surface area contributed by atoms with E-state index in [0.29, 0.717) is 61.8 Å². The summed E-state index contributed by atoms with van der Waals surface area (Å²) in [6.45, 7) is 7.94. The first-order chi connectivity index (χ1) is 29.1. The minimum atomic E-state index is -3.69. The smallest absolute Gasteiger partial charge is 0.323 e. The number of thiophene rings is 1. The van der Waals surface area contributed by atoms with Crippen LogP contribution >= 0.6 is 18.9 Å². The van der Waals surface area contributed by atoms with Crippen molar-refractivity contribution in [3.05, 3.63) is 89.1 Å². The van der Waals surface area contributed by atoms with E-state index in [9.17, 15) is 23.7 Å². The molecular formula is C44H53N6O8PS. The number of carbonyl (C=O) groups excluding carboxylic acids is 4. The maximum absolute atomic E-state index is 14.3. The summed E-state index contributed by atoms with van der Waals surface area (Å²) in [5.74, 6) is -0.513. The molecule has 2 N–H and O–H groups in total. The molecule has 4 aromatic rings. The lowest BCUT2D eigenvalue weighted by atomic mass is 9.90. The summed E-state index contributed by atoms with van der Waals surface area (Å²) < 4.78 is 32.0. The van der Waals surface area contributed by atoms with Gasteiger partial charge in [0.25, 0.3) is 5.91 Å². The second-order valence-electron chi connectivity index (χ2n) is 16.2. The van der Waals surface area contributed by atoms with Crippen molar-refractivity contribution in [2.24, 2.45) is 0 Å². The van der Waals surface area contributed by atoms with Gasteiger partial charge in [0.1, 0.15) is 23.9 Å². The fourth-order valence-corrected chi connectivity index (χ4v) is 11.8. The molecule has 0 aliphatic carbocycles. The van der Waals surface area contributed by atoms with E-state index >= 15 is 0 Å². The number of morpholine rings is 1. The molecule has 6 heterocycles. The van der Waals surface area contributed by atoms with Gasteiger partial charge >= 0.3 is 13.5 Å². The third-order valence-electron chi connectivity index (χ3n) is 11.9. The number of rotatable bonds is 14. The third-order valence-corrected chi connectivity index (χ3v) is 15.1.